The summed E-state index contributed by atoms with van der Waals surface area (Å²) in [5.74, 6) is 3.03. The second kappa shape index (κ2) is 10.4. The molecule has 2 fully saturated rings. The molecule has 0 aliphatic carbocycles. The molecule has 0 radical (unpaired) electrons. The van der Waals surface area contributed by atoms with Crippen molar-refractivity contribution in [2.24, 2.45) is 0 Å². The van der Waals surface area contributed by atoms with Crippen LogP contribution in [-0.4, -0.2) is 63.4 Å². The molecular formula is C28H38N2O3. The monoisotopic (exact) mass is 450 g/mol. The Morgan fingerprint density at radius 2 is 1.61 bits per heavy atom. The van der Waals surface area contributed by atoms with Gasteiger partial charge in [-0.15, -0.1) is 0 Å². The predicted molar refractivity (Wildman–Crippen MR) is 132 cm³/mol. The maximum Gasteiger partial charge on any atom is 0.122 e. The van der Waals surface area contributed by atoms with Crippen LogP contribution in [0.4, 0.5) is 0 Å². The summed E-state index contributed by atoms with van der Waals surface area (Å²) in [6.07, 6.45) is 7.69. The van der Waals surface area contributed by atoms with E-state index in [1.807, 2.05) is 6.07 Å². The van der Waals surface area contributed by atoms with E-state index in [1.165, 1.54) is 68.4 Å². The molecule has 2 atom stereocenters. The van der Waals surface area contributed by atoms with E-state index >= 15 is 0 Å². The van der Waals surface area contributed by atoms with Crippen molar-refractivity contribution in [1.29, 1.82) is 0 Å². The van der Waals surface area contributed by atoms with E-state index < -0.39 is 0 Å². The van der Waals surface area contributed by atoms with Gasteiger partial charge in [0.05, 0.1) is 20.8 Å². The van der Waals surface area contributed by atoms with Crippen LogP contribution in [0.3, 0.4) is 0 Å². The molecule has 5 heteroatoms. The lowest BCUT2D eigenvalue weighted by atomic mass is 9.81. The van der Waals surface area contributed by atoms with Crippen LogP contribution in [0.2, 0.25) is 0 Å². The van der Waals surface area contributed by atoms with Gasteiger partial charge in [-0.1, -0.05) is 12.5 Å². The molecule has 0 saturated carbocycles. The Kier molecular flexibility index (Phi) is 7.07. The minimum atomic E-state index is 0.312. The Labute approximate surface area is 198 Å². The van der Waals surface area contributed by atoms with Crippen LogP contribution in [0.1, 0.15) is 67.2 Å². The van der Waals surface area contributed by atoms with Crippen molar-refractivity contribution in [3.63, 3.8) is 0 Å². The van der Waals surface area contributed by atoms with Gasteiger partial charge in [-0.25, -0.2) is 0 Å². The Morgan fingerprint density at radius 1 is 0.818 bits per heavy atom. The van der Waals surface area contributed by atoms with E-state index in [0.717, 1.165) is 43.4 Å². The van der Waals surface area contributed by atoms with Crippen molar-refractivity contribution in [1.82, 2.24) is 9.80 Å². The normalized spacial score (nSPS) is 23.1. The minimum Gasteiger partial charge on any atom is -0.497 e. The Balaban J connectivity index is 1.34. The number of hydrogen-bond acceptors (Lipinski definition) is 5. The van der Waals surface area contributed by atoms with Crippen LogP contribution in [0, 0.1) is 0 Å². The molecule has 0 N–H and O–H groups in total. The number of likely N-dealkylation sites (tertiary alicyclic amines) is 1. The summed E-state index contributed by atoms with van der Waals surface area (Å²) in [5, 5.41) is 0. The zero-order chi connectivity index (χ0) is 22.6. The van der Waals surface area contributed by atoms with E-state index in [4.69, 9.17) is 14.2 Å². The van der Waals surface area contributed by atoms with Gasteiger partial charge in [-0.3, -0.25) is 4.90 Å². The molecule has 2 aromatic rings. The maximum absolute atomic E-state index is 6.24. The fraction of sp³-hybridized carbons (Fsp3) is 0.571. The van der Waals surface area contributed by atoms with E-state index in [0.29, 0.717) is 12.0 Å². The summed E-state index contributed by atoms with van der Waals surface area (Å²) in [4.78, 5) is 5.24. The number of benzene rings is 2. The summed E-state index contributed by atoms with van der Waals surface area (Å²) in [5.41, 5.74) is 4.13. The first-order valence-electron chi connectivity index (χ1n) is 12.7. The number of ether oxygens (including phenoxy) is 3. The van der Waals surface area contributed by atoms with Crippen molar-refractivity contribution in [2.75, 3.05) is 53.6 Å². The van der Waals surface area contributed by atoms with Gasteiger partial charge in [-0.05, 0) is 92.7 Å². The summed E-state index contributed by atoms with van der Waals surface area (Å²) < 4.78 is 17.4. The molecule has 0 unspecified atom stereocenters. The molecule has 0 spiro atoms. The highest BCUT2D eigenvalue weighted by Crippen LogP contribution is 2.46. The van der Waals surface area contributed by atoms with Crippen molar-refractivity contribution < 1.29 is 14.2 Å². The molecular weight excluding hydrogens is 412 g/mol. The minimum absolute atomic E-state index is 0.312. The molecule has 33 heavy (non-hydrogen) atoms. The van der Waals surface area contributed by atoms with Crippen molar-refractivity contribution >= 4 is 0 Å². The third kappa shape index (κ3) is 4.99. The number of piperidine rings is 1. The third-order valence-corrected chi connectivity index (χ3v) is 7.69. The first-order chi connectivity index (χ1) is 16.2. The van der Waals surface area contributed by atoms with Gasteiger partial charge in [0.25, 0.3) is 0 Å². The zero-order valence-corrected chi connectivity index (χ0v) is 20.2. The van der Waals surface area contributed by atoms with Gasteiger partial charge in [0.2, 0.25) is 0 Å². The molecule has 2 aromatic carbocycles. The van der Waals surface area contributed by atoms with Crippen LogP contribution in [-0.2, 0) is 0 Å². The summed E-state index contributed by atoms with van der Waals surface area (Å²) in [6.45, 7) is 6.67. The molecule has 0 aromatic heterocycles. The zero-order valence-electron chi connectivity index (χ0n) is 20.2. The SMILES string of the molecule is COc1cc(OC)cc([C@H]2CN3CCC[C@@H]3c3cc(OCCCN4CCCCC4)ccc32)c1. The molecule has 5 nitrogen and oxygen atoms in total. The van der Waals surface area contributed by atoms with Crippen LogP contribution in [0.15, 0.2) is 36.4 Å². The number of hydrogen-bond donors (Lipinski definition) is 0. The number of rotatable bonds is 8. The van der Waals surface area contributed by atoms with Crippen LogP contribution >= 0.6 is 0 Å². The third-order valence-electron chi connectivity index (χ3n) is 7.69. The van der Waals surface area contributed by atoms with Gasteiger partial charge < -0.3 is 19.1 Å². The number of methoxy groups -OCH3 is 2. The van der Waals surface area contributed by atoms with Crippen molar-refractivity contribution in [3.05, 3.63) is 53.1 Å². The van der Waals surface area contributed by atoms with Crippen molar-refractivity contribution in [3.8, 4) is 17.2 Å². The maximum atomic E-state index is 6.24. The Hall–Kier alpha value is -2.24. The molecule has 3 heterocycles. The van der Waals surface area contributed by atoms with Gasteiger partial charge in [0.1, 0.15) is 17.2 Å². The Bertz CT molecular complexity index is 918. The lowest BCUT2D eigenvalue weighted by Gasteiger charge is -2.38. The largest absolute Gasteiger partial charge is 0.497 e. The fourth-order valence-electron chi connectivity index (χ4n) is 5.96. The average Bonchev–Trinajstić information content (AvgIpc) is 3.35. The van der Waals surface area contributed by atoms with Crippen molar-refractivity contribution in [2.45, 2.75) is 50.5 Å². The van der Waals surface area contributed by atoms with Crippen LogP contribution < -0.4 is 14.2 Å². The van der Waals surface area contributed by atoms with Crippen LogP contribution in [0.25, 0.3) is 0 Å². The summed E-state index contributed by atoms with van der Waals surface area (Å²) in [7, 11) is 3.44. The van der Waals surface area contributed by atoms with Crippen LogP contribution in [0.5, 0.6) is 17.2 Å². The van der Waals surface area contributed by atoms with E-state index in [-0.39, 0.29) is 0 Å². The molecule has 5 rings (SSSR count). The predicted octanol–water partition coefficient (Wildman–Crippen LogP) is 5.24. The topological polar surface area (TPSA) is 34.2 Å². The summed E-state index contributed by atoms with van der Waals surface area (Å²) in [6, 6.07) is 13.6. The quantitative estimate of drug-likeness (QED) is 0.514. The number of nitrogens with zero attached hydrogens (tertiary/aromatic N) is 2. The van der Waals surface area contributed by atoms with E-state index in [1.54, 1.807) is 14.2 Å². The number of fused-ring (bicyclic) bond motifs is 3. The smallest absolute Gasteiger partial charge is 0.122 e. The van der Waals surface area contributed by atoms with Gasteiger partial charge in [0, 0.05) is 31.1 Å². The standard InChI is InChI=1S/C28H38N2O3/c1-31-23-16-21(17-24(18-23)32-2)27-20-30-14-6-8-28(30)26-19-22(9-10-25(26)27)33-15-7-13-29-11-4-3-5-12-29/h9-10,16-19,27-28H,3-8,11-15,20H2,1-2H3/t27-,28-/m1/s1. The van der Waals surface area contributed by atoms with E-state index in [9.17, 15) is 0 Å². The highest BCUT2D eigenvalue weighted by atomic mass is 16.5. The first kappa shape index (κ1) is 22.5. The molecule has 0 bridgehead atoms. The second-order valence-corrected chi connectivity index (χ2v) is 9.75. The van der Waals surface area contributed by atoms with Gasteiger partial charge in [0.15, 0.2) is 0 Å². The lowest BCUT2D eigenvalue weighted by Crippen LogP contribution is -2.34. The molecule has 0 amide bonds. The highest BCUT2D eigenvalue weighted by molar-refractivity contribution is 5.49. The molecule has 2 saturated heterocycles. The van der Waals surface area contributed by atoms with Gasteiger partial charge in [-0.2, -0.15) is 0 Å². The molecule has 3 aliphatic heterocycles. The van der Waals surface area contributed by atoms with Gasteiger partial charge >= 0.3 is 0 Å². The fourth-order valence-corrected chi connectivity index (χ4v) is 5.96. The average molecular weight is 451 g/mol. The molecule has 3 aliphatic rings. The van der Waals surface area contributed by atoms with E-state index in [2.05, 4.69) is 40.1 Å². The molecule has 178 valence electrons. The second-order valence-electron chi connectivity index (χ2n) is 9.75. The highest BCUT2D eigenvalue weighted by Gasteiger charge is 2.37. The summed E-state index contributed by atoms with van der Waals surface area (Å²) >= 11 is 0. The first-order valence-corrected chi connectivity index (χ1v) is 12.7. The Morgan fingerprint density at radius 3 is 2.36 bits per heavy atom. The lowest BCUT2D eigenvalue weighted by molar-refractivity contribution is 0.204.